The Morgan fingerprint density at radius 3 is 2.92 bits per heavy atom. The van der Waals surface area contributed by atoms with Gasteiger partial charge >= 0.3 is 5.97 Å². The Hall–Kier alpha value is -0.570. The first-order valence-electron chi connectivity index (χ1n) is 4.55. The highest BCUT2D eigenvalue weighted by molar-refractivity contribution is 5.71. The fourth-order valence-electron chi connectivity index (χ4n) is 1.62. The summed E-state index contributed by atoms with van der Waals surface area (Å²) in [5.74, 6) is -0.122. The van der Waals surface area contributed by atoms with Crippen molar-refractivity contribution in [3.8, 4) is 0 Å². The van der Waals surface area contributed by atoms with Crippen molar-refractivity contribution in [1.29, 1.82) is 0 Å². The van der Waals surface area contributed by atoms with Crippen molar-refractivity contribution < 1.29 is 9.53 Å². The Labute approximate surface area is 73.7 Å². The van der Waals surface area contributed by atoms with Crippen LogP contribution in [0.4, 0.5) is 0 Å². The van der Waals surface area contributed by atoms with Gasteiger partial charge in [-0.15, -0.1) is 0 Å². The average molecular weight is 171 g/mol. The molecule has 0 radical (unpaired) electrons. The van der Waals surface area contributed by atoms with Gasteiger partial charge in [0, 0.05) is 6.04 Å². The van der Waals surface area contributed by atoms with E-state index in [2.05, 4.69) is 16.6 Å². The molecule has 3 nitrogen and oxygen atoms in total. The van der Waals surface area contributed by atoms with Gasteiger partial charge in [-0.1, -0.05) is 6.42 Å². The summed E-state index contributed by atoms with van der Waals surface area (Å²) in [5.41, 5.74) is 0. The van der Waals surface area contributed by atoms with Crippen molar-refractivity contribution in [3.63, 3.8) is 0 Å². The number of ether oxygens (including phenoxy) is 1. The number of methoxy groups -OCH3 is 1. The minimum absolute atomic E-state index is 0.122. The number of hydrogen-bond acceptors (Lipinski definition) is 3. The smallest absolute Gasteiger partial charge is 0.319 e. The van der Waals surface area contributed by atoms with E-state index < -0.39 is 0 Å². The van der Waals surface area contributed by atoms with Crippen molar-refractivity contribution >= 4 is 5.97 Å². The molecule has 1 fully saturated rings. The van der Waals surface area contributed by atoms with Crippen LogP contribution >= 0.6 is 0 Å². The van der Waals surface area contributed by atoms with Gasteiger partial charge in [0.05, 0.1) is 13.7 Å². The molecule has 1 atom stereocenters. The van der Waals surface area contributed by atoms with Crippen LogP contribution in [0.1, 0.15) is 26.2 Å². The molecule has 1 aliphatic heterocycles. The number of likely N-dealkylation sites (tertiary alicyclic amines) is 1. The Balaban J connectivity index is 2.33. The standard InChI is InChI=1S/C9H17NO2/c1-8-5-3-4-6-10(8)7-9(11)12-2/h8H,3-7H2,1-2H3. The quantitative estimate of drug-likeness (QED) is 0.581. The maximum atomic E-state index is 11.0. The summed E-state index contributed by atoms with van der Waals surface area (Å²) in [6.45, 7) is 3.66. The van der Waals surface area contributed by atoms with Gasteiger partial charge in [0.15, 0.2) is 0 Å². The maximum absolute atomic E-state index is 11.0. The summed E-state index contributed by atoms with van der Waals surface area (Å²) >= 11 is 0. The van der Waals surface area contributed by atoms with Crippen LogP contribution in [0.2, 0.25) is 0 Å². The summed E-state index contributed by atoms with van der Waals surface area (Å²) in [6, 6.07) is 0.540. The zero-order valence-electron chi connectivity index (χ0n) is 7.88. The number of rotatable bonds is 2. The molecule has 0 aromatic rings. The number of piperidine rings is 1. The normalized spacial score (nSPS) is 25.3. The van der Waals surface area contributed by atoms with Crippen LogP contribution < -0.4 is 0 Å². The van der Waals surface area contributed by atoms with Crippen molar-refractivity contribution in [2.75, 3.05) is 20.2 Å². The lowest BCUT2D eigenvalue weighted by Crippen LogP contribution is -2.41. The highest BCUT2D eigenvalue weighted by Gasteiger charge is 2.20. The SMILES string of the molecule is COC(=O)CN1CCCCC1C. The molecule has 0 amide bonds. The second-order valence-corrected chi connectivity index (χ2v) is 3.39. The number of carbonyl (C=O) groups excluding carboxylic acids is 1. The van der Waals surface area contributed by atoms with Gasteiger partial charge < -0.3 is 4.74 Å². The molecule has 0 aliphatic carbocycles. The summed E-state index contributed by atoms with van der Waals surface area (Å²) in [6.07, 6.45) is 3.71. The van der Waals surface area contributed by atoms with Crippen molar-refractivity contribution in [2.45, 2.75) is 32.2 Å². The fraction of sp³-hybridized carbons (Fsp3) is 0.889. The zero-order valence-corrected chi connectivity index (χ0v) is 7.88. The van der Waals surface area contributed by atoms with Crippen LogP contribution in [0.3, 0.4) is 0 Å². The van der Waals surface area contributed by atoms with Crippen molar-refractivity contribution in [2.24, 2.45) is 0 Å². The molecule has 1 rings (SSSR count). The van der Waals surface area contributed by atoms with Gasteiger partial charge in [-0.05, 0) is 26.3 Å². The van der Waals surface area contributed by atoms with Crippen molar-refractivity contribution in [3.05, 3.63) is 0 Å². The minimum atomic E-state index is -0.122. The van der Waals surface area contributed by atoms with Crippen LogP contribution in [-0.2, 0) is 9.53 Å². The molecule has 0 aromatic heterocycles. The van der Waals surface area contributed by atoms with Crippen LogP contribution in [0.5, 0.6) is 0 Å². The Bertz CT molecular complexity index is 159. The second kappa shape index (κ2) is 4.45. The maximum Gasteiger partial charge on any atom is 0.319 e. The minimum Gasteiger partial charge on any atom is -0.468 e. The lowest BCUT2D eigenvalue weighted by Gasteiger charge is -2.32. The van der Waals surface area contributed by atoms with E-state index in [4.69, 9.17) is 0 Å². The first-order valence-corrected chi connectivity index (χ1v) is 4.55. The molecule has 0 bridgehead atoms. The lowest BCUT2D eigenvalue weighted by molar-refractivity contribution is -0.142. The van der Waals surface area contributed by atoms with Crippen LogP contribution in [-0.4, -0.2) is 37.1 Å². The van der Waals surface area contributed by atoms with Gasteiger partial charge in [0.2, 0.25) is 0 Å². The summed E-state index contributed by atoms with van der Waals surface area (Å²) in [5, 5.41) is 0. The Morgan fingerprint density at radius 2 is 2.33 bits per heavy atom. The molecule has 3 heteroatoms. The van der Waals surface area contributed by atoms with Crippen molar-refractivity contribution in [1.82, 2.24) is 4.90 Å². The highest BCUT2D eigenvalue weighted by Crippen LogP contribution is 2.15. The number of hydrogen-bond donors (Lipinski definition) is 0. The molecular formula is C9H17NO2. The molecule has 0 aromatic carbocycles. The van der Waals surface area contributed by atoms with Crippen LogP contribution in [0, 0.1) is 0 Å². The van der Waals surface area contributed by atoms with Crippen LogP contribution in [0.15, 0.2) is 0 Å². The fourth-order valence-corrected chi connectivity index (χ4v) is 1.62. The molecule has 0 spiro atoms. The second-order valence-electron chi connectivity index (χ2n) is 3.39. The Morgan fingerprint density at radius 1 is 1.58 bits per heavy atom. The lowest BCUT2D eigenvalue weighted by atomic mass is 10.0. The van der Waals surface area contributed by atoms with Gasteiger partial charge in [-0.2, -0.15) is 0 Å². The third-order valence-electron chi connectivity index (χ3n) is 2.50. The average Bonchev–Trinajstić information content (AvgIpc) is 2.09. The predicted octanol–water partition coefficient (Wildman–Crippen LogP) is 1.03. The monoisotopic (exact) mass is 171 g/mol. The molecule has 1 aliphatic rings. The van der Waals surface area contributed by atoms with E-state index in [9.17, 15) is 4.79 Å². The summed E-state index contributed by atoms with van der Waals surface area (Å²) in [4.78, 5) is 13.2. The molecule has 1 heterocycles. The molecule has 0 N–H and O–H groups in total. The first kappa shape index (κ1) is 9.52. The molecule has 0 saturated carbocycles. The van der Waals surface area contributed by atoms with Gasteiger partial charge in [-0.3, -0.25) is 9.69 Å². The van der Waals surface area contributed by atoms with E-state index in [0.29, 0.717) is 12.6 Å². The van der Waals surface area contributed by atoms with E-state index in [0.717, 1.165) is 6.54 Å². The largest absolute Gasteiger partial charge is 0.468 e. The van der Waals surface area contributed by atoms with Gasteiger partial charge in [0.25, 0.3) is 0 Å². The highest BCUT2D eigenvalue weighted by atomic mass is 16.5. The Kier molecular flexibility index (Phi) is 3.53. The molecule has 1 saturated heterocycles. The van der Waals surface area contributed by atoms with Crippen LogP contribution in [0.25, 0.3) is 0 Å². The van der Waals surface area contributed by atoms with Gasteiger partial charge in [-0.25, -0.2) is 0 Å². The molecular weight excluding hydrogens is 154 g/mol. The summed E-state index contributed by atoms with van der Waals surface area (Å²) in [7, 11) is 1.44. The topological polar surface area (TPSA) is 29.5 Å². The number of carbonyl (C=O) groups is 1. The molecule has 1 unspecified atom stereocenters. The van der Waals surface area contributed by atoms with E-state index in [1.165, 1.54) is 26.4 Å². The number of nitrogens with zero attached hydrogens (tertiary/aromatic N) is 1. The zero-order chi connectivity index (χ0) is 8.97. The third-order valence-corrected chi connectivity index (χ3v) is 2.50. The van der Waals surface area contributed by atoms with E-state index >= 15 is 0 Å². The predicted molar refractivity (Wildman–Crippen MR) is 46.9 cm³/mol. The molecule has 70 valence electrons. The third kappa shape index (κ3) is 2.48. The van der Waals surface area contributed by atoms with Gasteiger partial charge in [0.1, 0.15) is 0 Å². The van der Waals surface area contributed by atoms with E-state index in [1.54, 1.807) is 0 Å². The first-order chi connectivity index (χ1) is 5.74. The molecule has 12 heavy (non-hydrogen) atoms. The van der Waals surface area contributed by atoms with E-state index in [1.807, 2.05) is 0 Å². The number of esters is 1. The summed E-state index contributed by atoms with van der Waals surface area (Å²) < 4.78 is 4.62. The van der Waals surface area contributed by atoms with E-state index in [-0.39, 0.29) is 5.97 Å².